The Kier molecular flexibility index (Phi) is 4.76. The van der Waals surface area contributed by atoms with Crippen LogP contribution >= 0.6 is 0 Å². The summed E-state index contributed by atoms with van der Waals surface area (Å²) in [6, 6.07) is 0. The minimum absolute atomic E-state index is 0.0527. The van der Waals surface area contributed by atoms with Gasteiger partial charge in [0.05, 0.1) is 5.92 Å². The predicted octanol–water partition coefficient (Wildman–Crippen LogP) is 1.94. The van der Waals surface area contributed by atoms with Crippen LogP contribution in [-0.4, -0.2) is 43.8 Å². The monoisotopic (exact) mass is 294 g/mol. The zero-order chi connectivity index (χ0) is 15.8. The molecule has 2 unspecified atom stereocenters. The molecule has 4 atom stereocenters. The van der Waals surface area contributed by atoms with Crippen LogP contribution in [0.25, 0.3) is 0 Å². The maximum absolute atomic E-state index is 12.8. The van der Waals surface area contributed by atoms with Gasteiger partial charge in [-0.3, -0.25) is 9.59 Å². The van der Waals surface area contributed by atoms with Crippen molar-refractivity contribution < 1.29 is 9.59 Å². The van der Waals surface area contributed by atoms with Crippen LogP contribution in [0.3, 0.4) is 0 Å². The third-order valence-electron chi connectivity index (χ3n) is 5.12. The number of carbonyl (C=O) groups is 2. The van der Waals surface area contributed by atoms with Crippen molar-refractivity contribution in [2.24, 2.45) is 29.1 Å². The lowest BCUT2D eigenvalue weighted by atomic mass is 9.70. The Morgan fingerprint density at radius 2 is 1.67 bits per heavy atom. The van der Waals surface area contributed by atoms with Gasteiger partial charge < -0.3 is 10.2 Å². The molecular weight excluding hydrogens is 264 g/mol. The first-order chi connectivity index (χ1) is 9.71. The van der Waals surface area contributed by atoms with Crippen LogP contribution in [0.4, 0.5) is 0 Å². The Labute approximate surface area is 128 Å². The van der Waals surface area contributed by atoms with Crippen LogP contribution in [0.2, 0.25) is 0 Å². The Balaban J connectivity index is 2.05. The minimum atomic E-state index is -0.350. The van der Waals surface area contributed by atoms with Gasteiger partial charge in [0.2, 0.25) is 5.91 Å². The second-order valence-electron chi connectivity index (χ2n) is 8.09. The van der Waals surface area contributed by atoms with Crippen molar-refractivity contribution in [3.63, 3.8) is 0 Å². The van der Waals surface area contributed by atoms with E-state index >= 15 is 0 Å². The zero-order valence-corrected chi connectivity index (χ0v) is 14.1. The number of ketones is 1. The first kappa shape index (κ1) is 16.5. The minimum Gasteiger partial charge on any atom is -0.355 e. The number of nitrogens with zero attached hydrogens (tertiary/aromatic N) is 1. The van der Waals surface area contributed by atoms with Gasteiger partial charge in [-0.2, -0.15) is 0 Å². The molecule has 2 fully saturated rings. The van der Waals surface area contributed by atoms with E-state index in [1.54, 1.807) is 0 Å². The van der Waals surface area contributed by atoms with Crippen LogP contribution in [0.15, 0.2) is 0 Å². The van der Waals surface area contributed by atoms with Crippen molar-refractivity contribution >= 4 is 11.7 Å². The first-order valence-corrected chi connectivity index (χ1v) is 8.18. The summed E-state index contributed by atoms with van der Waals surface area (Å²) < 4.78 is 0. The van der Waals surface area contributed by atoms with Crippen molar-refractivity contribution in [3.05, 3.63) is 0 Å². The molecule has 4 nitrogen and oxygen atoms in total. The van der Waals surface area contributed by atoms with Crippen molar-refractivity contribution in [2.75, 3.05) is 27.2 Å². The topological polar surface area (TPSA) is 49.4 Å². The van der Waals surface area contributed by atoms with E-state index in [9.17, 15) is 9.59 Å². The summed E-state index contributed by atoms with van der Waals surface area (Å²) in [5.74, 6) is 1.10. The molecule has 21 heavy (non-hydrogen) atoms. The van der Waals surface area contributed by atoms with Gasteiger partial charge >= 0.3 is 0 Å². The number of amides is 1. The highest BCUT2D eigenvalue weighted by atomic mass is 16.2. The van der Waals surface area contributed by atoms with Gasteiger partial charge in [-0.15, -0.1) is 0 Å². The lowest BCUT2D eigenvalue weighted by Crippen LogP contribution is -2.45. The number of hydrogen-bond acceptors (Lipinski definition) is 3. The van der Waals surface area contributed by atoms with Gasteiger partial charge in [-0.1, -0.05) is 20.8 Å². The maximum Gasteiger partial charge on any atom is 0.224 e. The van der Waals surface area contributed by atoms with Crippen LogP contribution in [-0.2, 0) is 9.59 Å². The summed E-state index contributed by atoms with van der Waals surface area (Å²) in [5, 5.41) is 3.04. The molecule has 2 rings (SSSR count). The molecule has 0 spiro atoms. The molecule has 0 saturated heterocycles. The molecule has 120 valence electrons. The SMILES string of the molecule is CN(C)CCNC(=O)[C@H]1C2CCC(C2)[C@H]1C(=O)C(C)(C)C. The quantitative estimate of drug-likeness (QED) is 0.843. The highest BCUT2D eigenvalue weighted by Crippen LogP contribution is 2.54. The summed E-state index contributed by atoms with van der Waals surface area (Å²) in [6.45, 7) is 7.42. The summed E-state index contributed by atoms with van der Waals surface area (Å²) in [7, 11) is 3.99. The van der Waals surface area contributed by atoms with E-state index in [1.165, 1.54) is 0 Å². The second-order valence-corrected chi connectivity index (χ2v) is 8.09. The molecule has 4 heteroatoms. The highest BCUT2D eigenvalue weighted by Gasteiger charge is 2.54. The van der Waals surface area contributed by atoms with E-state index in [4.69, 9.17) is 0 Å². The van der Waals surface area contributed by atoms with Gasteiger partial charge in [0.25, 0.3) is 0 Å². The fourth-order valence-electron chi connectivity index (χ4n) is 4.07. The average Bonchev–Trinajstić information content (AvgIpc) is 2.95. The van der Waals surface area contributed by atoms with Gasteiger partial charge in [0, 0.05) is 24.4 Å². The number of rotatable bonds is 5. The molecule has 2 aliphatic rings. The Bertz CT molecular complexity index is 412. The summed E-state index contributed by atoms with van der Waals surface area (Å²) in [6.07, 6.45) is 3.31. The van der Waals surface area contributed by atoms with E-state index < -0.39 is 0 Å². The van der Waals surface area contributed by atoms with Crippen LogP contribution in [0.5, 0.6) is 0 Å². The smallest absolute Gasteiger partial charge is 0.224 e. The largest absolute Gasteiger partial charge is 0.355 e. The Morgan fingerprint density at radius 1 is 1.10 bits per heavy atom. The molecule has 0 radical (unpaired) electrons. The molecule has 2 saturated carbocycles. The van der Waals surface area contributed by atoms with Crippen LogP contribution in [0.1, 0.15) is 40.0 Å². The predicted molar refractivity (Wildman–Crippen MR) is 83.8 cm³/mol. The number of likely N-dealkylation sites (N-methyl/N-ethyl adjacent to an activating group) is 1. The molecule has 2 bridgehead atoms. The number of carbonyl (C=O) groups excluding carboxylic acids is 2. The fraction of sp³-hybridized carbons (Fsp3) is 0.882. The van der Waals surface area contributed by atoms with Gasteiger partial charge in [0.1, 0.15) is 5.78 Å². The molecule has 0 aromatic carbocycles. The molecule has 2 aliphatic carbocycles. The number of fused-ring (bicyclic) bond motifs is 2. The van der Waals surface area contributed by atoms with Crippen molar-refractivity contribution in [1.29, 1.82) is 0 Å². The number of Topliss-reactive ketones (excluding diaryl/α,β-unsaturated/α-hetero) is 1. The summed E-state index contributed by atoms with van der Waals surface area (Å²) in [4.78, 5) is 27.4. The highest BCUT2D eigenvalue weighted by molar-refractivity contribution is 5.92. The van der Waals surface area contributed by atoms with Crippen LogP contribution in [0, 0.1) is 29.1 Å². The normalized spacial score (nSPS) is 31.7. The Morgan fingerprint density at radius 3 is 2.19 bits per heavy atom. The fourth-order valence-corrected chi connectivity index (χ4v) is 4.07. The lowest BCUT2D eigenvalue weighted by Gasteiger charge is -2.33. The van der Waals surface area contributed by atoms with E-state index in [1.807, 2.05) is 34.9 Å². The van der Waals surface area contributed by atoms with E-state index in [2.05, 4.69) is 10.2 Å². The molecule has 0 aromatic heterocycles. The maximum atomic E-state index is 12.8. The molecule has 0 aliphatic heterocycles. The average molecular weight is 294 g/mol. The third-order valence-corrected chi connectivity index (χ3v) is 5.12. The standard InChI is InChI=1S/C17H30N2O2/c1-17(2,3)15(20)13-11-6-7-12(10-11)14(13)16(21)18-8-9-19(4)5/h11-14H,6-10H2,1-5H3,(H,18,21)/t11?,12?,13-,14+/m1/s1. The lowest BCUT2D eigenvalue weighted by molar-refractivity contribution is -0.140. The third kappa shape index (κ3) is 3.47. The summed E-state index contributed by atoms with van der Waals surface area (Å²) >= 11 is 0. The van der Waals surface area contributed by atoms with Gasteiger partial charge in [0.15, 0.2) is 0 Å². The van der Waals surface area contributed by atoms with Crippen molar-refractivity contribution in [2.45, 2.75) is 40.0 Å². The first-order valence-electron chi connectivity index (χ1n) is 8.18. The van der Waals surface area contributed by atoms with E-state index in [-0.39, 0.29) is 28.9 Å². The zero-order valence-electron chi connectivity index (χ0n) is 14.1. The number of nitrogens with one attached hydrogen (secondary N) is 1. The van der Waals surface area contributed by atoms with Gasteiger partial charge in [-0.05, 0) is 45.2 Å². The van der Waals surface area contributed by atoms with Crippen molar-refractivity contribution in [3.8, 4) is 0 Å². The molecule has 1 amide bonds. The van der Waals surface area contributed by atoms with E-state index in [0.717, 1.165) is 25.8 Å². The molecule has 1 N–H and O–H groups in total. The van der Waals surface area contributed by atoms with E-state index in [0.29, 0.717) is 18.4 Å². The summed E-state index contributed by atoms with van der Waals surface area (Å²) in [5.41, 5.74) is -0.350. The molecule has 0 aromatic rings. The molecule has 0 heterocycles. The number of hydrogen-bond donors (Lipinski definition) is 1. The molecular formula is C17H30N2O2. The van der Waals surface area contributed by atoms with Gasteiger partial charge in [-0.25, -0.2) is 0 Å². The second kappa shape index (κ2) is 6.07. The van der Waals surface area contributed by atoms with Crippen molar-refractivity contribution in [1.82, 2.24) is 10.2 Å². The Hall–Kier alpha value is -0.900. The van der Waals surface area contributed by atoms with Crippen LogP contribution < -0.4 is 5.32 Å².